The Morgan fingerprint density at radius 3 is 2.69 bits per heavy atom. The van der Waals surface area contributed by atoms with Crippen molar-refractivity contribution >= 4 is 27.4 Å². The summed E-state index contributed by atoms with van der Waals surface area (Å²) in [5.74, 6) is 0. The Hall–Kier alpha value is -1.74. The number of rotatable bonds is 3. The smallest absolute Gasteiger partial charge is 0.0841 e. The molecule has 0 amide bonds. The van der Waals surface area contributed by atoms with E-state index in [1.54, 1.807) is 6.20 Å². The number of fused-ring (bicyclic) bond motifs is 1. The number of hydrogen-bond donors (Lipinski definition) is 1. The highest BCUT2D eigenvalue weighted by atomic mass is 32.2. The van der Waals surface area contributed by atoms with Crippen molar-refractivity contribution < 1.29 is 0 Å². The third-order valence-electron chi connectivity index (χ3n) is 2.19. The second-order valence-corrected chi connectivity index (χ2v) is 4.59. The van der Waals surface area contributed by atoms with Gasteiger partial charge in [0.15, 0.2) is 0 Å². The fourth-order valence-corrected chi connectivity index (χ4v) is 2.12. The molecule has 0 unspecified atom stereocenters. The molecule has 2 nitrogen and oxygen atoms in total. The lowest BCUT2D eigenvalue weighted by Crippen LogP contribution is -1.92. The maximum Gasteiger partial charge on any atom is 0.0841 e. The highest BCUT2D eigenvalue weighted by Gasteiger charge is 2.06. The van der Waals surface area contributed by atoms with Crippen LogP contribution in [-0.2, 0) is 0 Å². The number of benzene rings is 1. The third-order valence-corrected chi connectivity index (χ3v) is 2.89. The first kappa shape index (κ1) is 10.8. The van der Waals surface area contributed by atoms with Crippen LogP contribution in [0.5, 0.6) is 0 Å². The topological polar surface area (TPSA) is 38.9 Å². The molecule has 80 valence electrons. The fourth-order valence-electron chi connectivity index (χ4n) is 1.55. The van der Waals surface area contributed by atoms with E-state index in [4.69, 9.17) is 5.73 Å². The SMILES string of the molecule is C=C(N)SC(=C)c1nccc2ccccc12. The first-order valence-electron chi connectivity index (χ1n) is 4.84. The van der Waals surface area contributed by atoms with Crippen LogP contribution in [0, 0.1) is 0 Å². The van der Waals surface area contributed by atoms with Gasteiger partial charge in [-0.1, -0.05) is 49.2 Å². The molecule has 0 aliphatic rings. The number of thioether (sulfide) groups is 1. The molecule has 0 fully saturated rings. The molecule has 3 heteroatoms. The van der Waals surface area contributed by atoms with Gasteiger partial charge in [0.05, 0.1) is 10.7 Å². The van der Waals surface area contributed by atoms with Gasteiger partial charge in [0.1, 0.15) is 0 Å². The van der Waals surface area contributed by atoms with Crippen LogP contribution in [-0.4, -0.2) is 4.98 Å². The van der Waals surface area contributed by atoms with Gasteiger partial charge in [-0.15, -0.1) is 0 Å². The van der Waals surface area contributed by atoms with E-state index >= 15 is 0 Å². The molecule has 1 heterocycles. The summed E-state index contributed by atoms with van der Waals surface area (Å²) in [5, 5.41) is 2.76. The molecule has 0 bridgehead atoms. The van der Waals surface area contributed by atoms with Gasteiger partial charge in [-0.2, -0.15) is 0 Å². The highest BCUT2D eigenvalue weighted by molar-refractivity contribution is 8.11. The van der Waals surface area contributed by atoms with Gasteiger partial charge < -0.3 is 5.73 Å². The van der Waals surface area contributed by atoms with E-state index in [1.807, 2.05) is 24.3 Å². The van der Waals surface area contributed by atoms with Gasteiger partial charge in [0.2, 0.25) is 0 Å². The number of nitrogens with zero attached hydrogens (tertiary/aromatic N) is 1. The van der Waals surface area contributed by atoms with Crippen molar-refractivity contribution in [3.63, 3.8) is 0 Å². The Morgan fingerprint density at radius 1 is 1.19 bits per heavy atom. The van der Waals surface area contributed by atoms with E-state index in [-0.39, 0.29) is 0 Å². The van der Waals surface area contributed by atoms with Crippen LogP contribution in [0.4, 0.5) is 0 Å². The van der Waals surface area contributed by atoms with E-state index < -0.39 is 0 Å². The van der Waals surface area contributed by atoms with Crippen LogP contribution in [0.15, 0.2) is 54.7 Å². The molecule has 0 saturated heterocycles. The fraction of sp³-hybridized carbons (Fsp3) is 0. The average Bonchev–Trinajstić information content (AvgIpc) is 2.27. The van der Waals surface area contributed by atoms with Crippen LogP contribution in [0.2, 0.25) is 0 Å². The van der Waals surface area contributed by atoms with E-state index in [2.05, 4.69) is 24.2 Å². The summed E-state index contributed by atoms with van der Waals surface area (Å²) in [5.41, 5.74) is 6.42. The molecular formula is C13H12N2S. The minimum atomic E-state index is 0.528. The summed E-state index contributed by atoms with van der Waals surface area (Å²) in [6.07, 6.45) is 1.78. The summed E-state index contributed by atoms with van der Waals surface area (Å²) in [6.45, 7) is 7.63. The van der Waals surface area contributed by atoms with Gasteiger partial charge in [-0.25, -0.2) is 0 Å². The van der Waals surface area contributed by atoms with Crippen LogP contribution in [0.1, 0.15) is 5.69 Å². The molecule has 0 aliphatic carbocycles. The predicted molar refractivity (Wildman–Crippen MR) is 71.7 cm³/mol. The average molecular weight is 228 g/mol. The lowest BCUT2D eigenvalue weighted by Gasteiger charge is -2.07. The van der Waals surface area contributed by atoms with Crippen LogP contribution >= 0.6 is 11.8 Å². The van der Waals surface area contributed by atoms with E-state index in [0.717, 1.165) is 21.4 Å². The molecular weight excluding hydrogens is 216 g/mol. The van der Waals surface area contributed by atoms with Crippen LogP contribution < -0.4 is 5.73 Å². The Balaban J connectivity index is 2.52. The van der Waals surface area contributed by atoms with Gasteiger partial charge in [-0.05, 0) is 11.5 Å². The molecule has 0 spiro atoms. The lowest BCUT2D eigenvalue weighted by atomic mass is 10.1. The van der Waals surface area contributed by atoms with Crippen molar-refractivity contribution in [1.82, 2.24) is 4.98 Å². The van der Waals surface area contributed by atoms with E-state index in [9.17, 15) is 0 Å². The molecule has 0 atom stereocenters. The zero-order chi connectivity index (χ0) is 11.5. The zero-order valence-corrected chi connectivity index (χ0v) is 9.63. The number of nitrogens with two attached hydrogens (primary N) is 1. The zero-order valence-electron chi connectivity index (χ0n) is 8.81. The predicted octanol–water partition coefficient (Wildman–Crippen LogP) is 3.37. The third kappa shape index (κ3) is 2.09. The highest BCUT2D eigenvalue weighted by Crippen LogP contribution is 2.31. The van der Waals surface area contributed by atoms with Crippen molar-refractivity contribution in [1.29, 1.82) is 0 Å². The largest absolute Gasteiger partial charge is 0.394 e. The normalized spacial score (nSPS) is 10.2. The second kappa shape index (κ2) is 4.41. The summed E-state index contributed by atoms with van der Waals surface area (Å²) in [4.78, 5) is 5.17. The van der Waals surface area contributed by atoms with Crippen molar-refractivity contribution in [2.75, 3.05) is 0 Å². The maximum absolute atomic E-state index is 5.55. The molecule has 2 rings (SSSR count). The Bertz CT molecular complexity index is 555. The van der Waals surface area contributed by atoms with Crippen molar-refractivity contribution in [2.45, 2.75) is 0 Å². The minimum Gasteiger partial charge on any atom is -0.394 e. The molecule has 16 heavy (non-hydrogen) atoms. The van der Waals surface area contributed by atoms with Gasteiger partial charge in [-0.3, -0.25) is 4.98 Å². The van der Waals surface area contributed by atoms with E-state index in [0.29, 0.717) is 5.03 Å². The first-order chi connectivity index (χ1) is 7.68. The molecule has 0 radical (unpaired) electrons. The number of aromatic nitrogens is 1. The minimum absolute atomic E-state index is 0.528. The maximum atomic E-state index is 5.55. The Labute approximate surface area is 98.9 Å². The van der Waals surface area contributed by atoms with Crippen molar-refractivity contribution in [3.05, 3.63) is 60.4 Å². The monoisotopic (exact) mass is 228 g/mol. The summed E-state index contributed by atoms with van der Waals surface area (Å²) < 4.78 is 0. The second-order valence-electron chi connectivity index (χ2n) is 3.37. The van der Waals surface area contributed by atoms with Crippen molar-refractivity contribution in [2.24, 2.45) is 5.73 Å². The molecule has 2 N–H and O–H groups in total. The summed E-state index contributed by atoms with van der Waals surface area (Å²) in [7, 11) is 0. The molecule has 2 aromatic rings. The van der Waals surface area contributed by atoms with Gasteiger partial charge in [0, 0.05) is 16.5 Å². The summed E-state index contributed by atoms with van der Waals surface area (Å²) in [6, 6.07) is 10.1. The van der Waals surface area contributed by atoms with Crippen LogP contribution in [0.3, 0.4) is 0 Å². The molecule has 0 saturated carbocycles. The van der Waals surface area contributed by atoms with Crippen molar-refractivity contribution in [3.8, 4) is 0 Å². The van der Waals surface area contributed by atoms with E-state index in [1.165, 1.54) is 11.8 Å². The van der Waals surface area contributed by atoms with Gasteiger partial charge in [0.25, 0.3) is 0 Å². The standard InChI is InChI=1S/C13H12N2S/c1-9(16-10(2)14)13-12-6-4-3-5-11(12)7-8-15-13/h3-8H,1-2,14H2. The Kier molecular flexibility index (Phi) is 2.97. The summed E-state index contributed by atoms with van der Waals surface area (Å²) >= 11 is 1.35. The molecule has 1 aromatic carbocycles. The van der Waals surface area contributed by atoms with Crippen LogP contribution in [0.25, 0.3) is 15.7 Å². The van der Waals surface area contributed by atoms with Gasteiger partial charge >= 0.3 is 0 Å². The number of hydrogen-bond acceptors (Lipinski definition) is 3. The molecule has 1 aromatic heterocycles. The lowest BCUT2D eigenvalue weighted by molar-refractivity contribution is 1.33. The number of pyridine rings is 1. The first-order valence-corrected chi connectivity index (χ1v) is 5.65. The quantitative estimate of drug-likeness (QED) is 0.875. The molecule has 0 aliphatic heterocycles. The Morgan fingerprint density at radius 2 is 1.94 bits per heavy atom.